The zero-order valence-corrected chi connectivity index (χ0v) is 9.87. The first-order valence-electron chi connectivity index (χ1n) is 5.17. The van der Waals surface area contributed by atoms with Gasteiger partial charge in [0.05, 0.1) is 6.54 Å². The van der Waals surface area contributed by atoms with E-state index < -0.39 is 0 Å². The summed E-state index contributed by atoms with van der Waals surface area (Å²) >= 11 is 1.54. The van der Waals surface area contributed by atoms with Crippen molar-refractivity contribution in [2.75, 3.05) is 18.8 Å². The van der Waals surface area contributed by atoms with Crippen LogP contribution in [-0.2, 0) is 4.79 Å². The minimum atomic E-state index is -0.318. The second-order valence-corrected chi connectivity index (χ2v) is 4.71. The molecule has 0 aromatic heterocycles. The lowest BCUT2D eigenvalue weighted by Gasteiger charge is -2.11. The van der Waals surface area contributed by atoms with Crippen molar-refractivity contribution in [2.24, 2.45) is 0 Å². The van der Waals surface area contributed by atoms with Crippen LogP contribution in [0.2, 0.25) is 0 Å². The molecule has 90 valence electrons. The van der Waals surface area contributed by atoms with Crippen LogP contribution in [0.25, 0.3) is 0 Å². The first kappa shape index (κ1) is 11.8. The van der Waals surface area contributed by atoms with Gasteiger partial charge in [0.15, 0.2) is 0 Å². The van der Waals surface area contributed by atoms with Crippen molar-refractivity contribution in [2.45, 2.75) is 4.90 Å². The molecule has 1 heterocycles. The molecular weight excluding hydrogens is 240 g/mol. The van der Waals surface area contributed by atoms with E-state index in [1.165, 1.54) is 16.7 Å². The normalized spacial score (nSPS) is 15.2. The smallest absolute Gasteiger partial charge is 0.324 e. The summed E-state index contributed by atoms with van der Waals surface area (Å²) in [5, 5.41) is 11.6. The molecular formula is C11H12N2O3S. The van der Waals surface area contributed by atoms with Crippen LogP contribution < -0.4 is 5.32 Å². The van der Waals surface area contributed by atoms with Crippen molar-refractivity contribution in [1.29, 1.82) is 0 Å². The zero-order valence-electron chi connectivity index (χ0n) is 9.05. The van der Waals surface area contributed by atoms with Crippen molar-refractivity contribution >= 4 is 23.7 Å². The maximum atomic E-state index is 11.3. The Morgan fingerprint density at radius 1 is 1.29 bits per heavy atom. The highest BCUT2D eigenvalue weighted by atomic mass is 32.2. The molecule has 1 saturated heterocycles. The number of urea groups is 1. The average Bonchev–Trinajstić information content (AvgIpc) is 2.63. The van der Waals surface area contributed by atoms with Gasteiger partial charge in [0.1, 0.15) is 5.75 Å². The second-order valence-electron chi connectivity index (χ2n) is 3.55. The number of rotatable bonds is 4. The molecule has 1 aliphatic heterocycles. The third-order valence-corrected chi connectivity index (χ3v) is 3.35. The van der Waals surface area contributed by atoms with Crippen LogP contribution in [0.1, 0.15) is 0 Å². The fourth-order valence-electron chi connectivity index (χ4n) is 1.48. The van der Waals surface area contributed by atoms with Gasteiger partial charge in [0.25, 0.3) is 0 Å². The summed E-state index contributed by atoms with van der Waals surface area (Å²) in [5.74, 6) is 0.689. The average molecular weight is 252 g/mol. The Hall–Kier alpha value is -1.69. The van der Waals surface area contributed by atoms with Crippen molar-refractivity contribution < 1.29 is 14.7 Å². The van der Waals surface area contributed by atoms with Gasteiger partial charge >= 0.3 is 6.03 Å². The quantitative estimate of drug-likeness (QED) is 0.620. The molecule has 0 unspecified atom stereocenters. The standard InChI is InChI=1S/C11H12N2O3S/c14-8-1-3-9(4-2-8)17-6-5-13-10(15)7-12-11(13)16/h1-4,14H,5-7H2,(H,12,16). The van der Waals surface area contributed by atoms with Gasteiger partial charge in [0, 0.05) is 17.2 Å². The lowest BCUT2D eigenvalue weighted by Crippen LogP contribution is -2.32. The maximum absolute atomic E-state index is 11.3. The van der Waals surface area contributed by atoms with Gasteiger partial charge in [-0.3, -0.25) is 9.69 Å². The van der Waals surface area contributed by atoms with E-state index in [4.69, 9.17) is 5.11 Å². The van der Waals surface area contributed by atoms with Gasteiger partial charge in [0.2, 0.25) is 5.91 Å². The molecule has 0 aliphatic carbocycles. The predicted octanol–water partition coefficient (Wildman–Crippen LogP) is 1.04. The Bertz CT molecular complexity index is 417. The number of carbonyl (C=O) groups is 2. The highest BCUT2D eigenvalue weighted by Crippen LogP contribution is 2.20. The zero-order chi connectivity index (χ0) is 12.3. The van der Waals surface area contributed by atoms with E-state index in [0.717, 1.165) is 4.90 Å². The summed E-state index contributed by atoms with van der Waals surface area (Å²) in [6.45, 7) is 0.499. The topological polar surface area (TPSA) is 69.6 Å². The molecule has 0 radical (unpaired) electrons. The Balaban J connectivity index is 1.81. The SMILES string of the molecule is O=C1CNC(=O)N1CCSc1ccc(O)cc1. The molecule has 1 fully saturated rings. The number of amides is 3. The van der Waals surface area contributed by atoms with Crippen LogP contribution >= 0.6 is 11.8 Å². The van der Waals surface area contributed by atoms with Gasteiger partial charge in [-0.15, -0.1) is 11.8 Å². The van der Waals surface area contributed by atoms with Crippen LogP contribution in [-0.4, -0.2) is 40.8 Å². The summed E-state index contributed by atoms with van der Waals surface area (Å²) in [7, 11) is 0. The molecule has 2 rings (SSSR count). The molecule has 1 aliphatic rings. The maximum Gasteiger partial charge on any atom is 0.324 e. The van der Waals surface area contributed by atoms with Crippen molar-refractivity contribution in [3.05, 3.63) is 24.3 Å². The van der Waals surface area contributed by atoms with Gasteiger partial charge in [-0.1, -0.05) is 0 Å². The number of imide groups is 1. The lowest BCUT2D eigenvalue weighted by molar-refractivity contribution is -0.124. The summed E-state index contributed by atoms with van der Waals surface area (Å²) in [6, 6.07) is 6.49. The fourth-order valence-corrected chi connectivity index (χ4v) is 2.32. The molecule has 0 saturated carbocycles. The molecule has 5 nitrogen and oxygen atoms in total. The Morgan fingerprint density at radius 3 is 2.59 bits per heavy atom. The number of nitrogens with zero attached hydrogens (tertiary/aromatic N) is 1. The van der Waals surface area contributed by atoms with E-state index >= 15 is 0 Å². The molecule has 1 aromatic rings. The minimum Gasteiger partial charge on any atom is -0.508 e. The first-order chi connectivity index (χ1) is 8.16. The number of nitrogens with one attached hydrogen (secondary N) is 1. The highest BCUT2D eigenvalue weighted by molar-refractivity contribution is 7.99. The van der Waals surface area contributed by atoms with E-state index in [9.17, 15) is 9.59 Å². The number of phenolic OH excluding ortho intramolecular Hbond substituents is 1. The minimum absolute atomic E-state index is 0.0999. The number of phenols is 1. The summed E-state index contributed by atoms with van der Waals surface area (Å²) in [4.78, 5) is 24.7. The molecule has 0 bridgehead atoms. The van der Waals surface area contributed by atoms with Crippen molar-refractivity contribution in [1.82, 2.24) is 10.2 Å². The number of hydrogen-bond acceptors (Lipinski definition) is 4. The molecule has 3 amide bonds. The van der Waals surface area contributed by atoms with Crippen LogP contribution in [0.4, 0.5) is 4.79 Å². The predicted molar refractivity (Wildman–Crippen MR) is 63.9 cm³/mol. The molecule has 1 aromatic carbocycles. The monoisotopic (exact) mass is 252 g/mol. The third-order valence-electron chi connectivity index (χ3n) is 2.36. The molecule has 2 N–H and O–H groups in total. The van der Waals surface area contributed by atoms with Crippen molar-refractivity contribution in [3.63, 3.8) is 0 Å². The van der Waals surface area contributed by atoms with E-state index in [2.05, 4.69) is 5.32 Å². The van der Waals surface area contributed by atoms with Crippen LogP contribution in [0.15, 0.2) is 29.2 Å². The summed E-state index contributed by atoms with van der Waals surface area (Å²) in [6.07, 6.45) is 0. The highest BCUT2D eigenvalue weighted by Gasteiger charge is 2.27. The van der Waals surface area contributed by atoms with E-state index in [1.54, 1.807) is 24.3 Å². The molecule has 0 atom stereocenters. The fraction of sp³-hybridized carbons (Fsp3) is 0.273. The van der Waals surface area contributed by atoms with E-state index in [1.807, 2.05) is 0 Å². The van der Waals surface area contributed by atoms with Gasteiger partial charge in [-0.05, 0) is 24.3 Å². The summed E-state index contributed by atoms with van der Waals surface area (Å²) in [5.41, 5.74) is 0. The Labute approximate surface area is 103 Å². The number of aromatic hydroxyl groups is 1. The molecule has 6 heteroatoms. The molecule has 17 heavy (non-hydrogen) atoms. The van der Waals surface area contributed by atoms with Gasteiger partial charge < -0.3 is 10.4 Å². The third kappa shape index (κ3) is 2.91. The number of carbonyl (C=O) groups excluding carboxylic acids is 2. The molecule has 0 spiro atoms. The number of hydrogen-bond donors (Lipinski definition) is 2. The van der Waals surface area contributed by atoms with Crippen LogP contribution in [0.5, 0.6) is 5.75 Å². The lowest BCUT2D eigenvalue weighted by atomic mass is 10.3. The van der Waals surface area contributed by atoms with Gasteiger partial charge in [-0.25, -0.2) is 4.79 Å². The number of benzene rings is 1. The van der Waals surface area contributed by atoms with Crippen molar-refractivity contribution in [3.8, 4) is 5.75 Å². The van der Waals surface area contributed by atoms with Crippen LogP contribution in [0, 0.1) is 0 Å². The van der Waals surface area contributed by atoms with E-state index in [-0.39, 0.29) is 24.2 Å². The van der Waals surface area contributed by atoms with Crippen LogP contribution in [0.3, 0.4) is 0 Å². The van der Waals surface area contributed by atoms with E-state index in [0.29, 0.717) is 12.3 Å². The first-order valence-corrected chi connectivity index (χ1v) is 6.15. The largest absolute Gasteiger partial charge is 0.508 e. The van der Waals surface area contributed by atoms with Gasteiger partial charge in [-0.2, -0.15) is 0 Å². The Kier molecular flexibility index (Phi) is 3.53. The second kappa shape index (κ2) is 5.09. The Morgan fingerprint density at radius 2 is 2.00 bits per heavy atom. The number of thioether (sulfide) groups is 1. The summed E-state index contributed by atoms with van der Waals surface area (Å²) < 4.78 is 0.